The van der Waals surface area contributed by atoms with E-state index in [-0.39, 0.29) is 17.3 Å². The van der Waals surface area contributed by atoms with Gasteiger partial charge < -0.3 is 15.9 Å². The van der Waals surface area contributed by atoms with E-state index in [4.69, 9.17) is 10.9 Å². The summed E-state index contributed by atoms with van der Waals surface area (Å²) in [5, 5.41) is 11.2. The quantitative estimate of drug-likeness (QED) is 0.287. The normalized spacial score (nSPS) is 15.1. The summed E-state index contributed by atoms with van der Waals surface area (Å²) in [7, 11) is -2.20. The molecule has 0 fully saturated rings. The van der Waals surface area contributed by atoms with Gasteiger partial charge in [0.1, 0.15) is 5.84 Å². The highest BCUT2D eigenvalue weighted by Crippen LogP contribution is 2.14. The SMILES string of the molecule is CC(CC(N)=NO)N(C)S(=O)(=O)c1cnc[nH]1. The predicted octanol–water partition coefficient (Wildman–Crippen LogP) is -0.445. The van der Waals surface area contributed by atoms with Gasteiger partial charge in [0.05, 0.1) is 12.5 Å². The Morgan fingerprint density at radius 3 is 2.88 bits per heavy atom. The Morgan fingerprint density at radius 2 is 2.41 bits per heavy atom. The molecule has 0 spiro atoms. The van der Waals surface area contributed by atoms with E-state index < -0.39 is 16.1 Å². The lowest BCUT2D eigenvalue weighted by atomic mass is 10.2. The molecule has 0 amide bonds. The van der Waals surface area contributed by atoms with Crippen molar-refractivity contribution in [3.8, 4) is 0 Å². The van der Waals surface area contributed by atoms with Gasteiger partial charge in [0, 0.05) is 19.5 Å². The first-order valence-electron chi connectivity index (χ1n) is 4.82. The third kappa shape index (κ3) is 2.94. The van der Waals surface area contributed by atoms with Gasteiger partial charge in [-0.25, -0.2) is 13.4 Å². The Bertz CT molecular complexity index is 481. The average molecular weight is 261 g/mol. The number of nitrogens with two attached hydrogens (primary N) is 1. The molecule has 0 saturated heterocycles. The van der Waals surface area contributed by atoms with Gasteiger partial charge in [0.15, 0.2) is 5.03 Å². The van der Waals surface area contributed by atoms with Gasteiger partial charge in [0.25, 0.3) is 10.0 Å². The largest absolute Gasteiger partial charge is 0.409 e. The molecule has 96 valence electrons. The summed E-state index contributed by atoms with van der Waals surface area (Å²) in [6, 6.07) is -0.431. The first-order valence-corrected chi connectivity index (χ1v) is 6.26. The van der Waals surface area contributed by atoms with Crippen LogP contribution in [0.1, 0.15) is 13.3 Å². The second-order valence-electron chi connectivity index (χ2n) is 3.58. The molecule has 1 aromatic rings. The minimum absolute atomic E-state index is 0.00589. The zero-order chi connectivity index (χ0) is 13.1. The van der Waals surface area contributed by atoms with Gasteiger partial charge in [-0.15, -0.1) is 0 Å². The number of hydrogen-bond acceptors (Lipinski definition) is 5. The lowest BCUT2D eigenvalue weighted by molar-refractivity contribution is 0.313. The Morgan fingerprint density at radius 1 is 1.76 bits per heavy atom. The molecule has 8 nitrogen and oxygen atoms in total. The molecule has 0 radical (unpaired) electrons. The van der Waals surface area contributed by atoms with Crippen molar-refractivity contribution < 1.29 is 13.6 Å². The molecule has 9 heteroatoms. The van der Waals surface area contributed by atoms with Gasteiger partial charge in [-0.3, -0.25) is 0 Å². The van der Waals surface area contributed by atoms with Crippen LogP contribution in [0.2, 0.25) is 0 Å². The van der Waals surface area contributed by atoms with E-state index >= 15 is 0 Å². The number of nitrogens with one attached hydrogen (secondary N) is 1. The molecule has 0 aliphatic carbocycles. The van der Waals surface area contributed by atoms with Crippen molar-refractivity contribution in [1.29, 1.82) is 0 Å². The maximum Gasteiger partial charge on any atom is 0.260 e. The van der Waals surface area contributed by atoms with Gasteiger partial charge in [-0.1, -0.05) is 5.16 Å². The Hall–Kier alpha value is -1.61. The Balaban J connectivity index is 2.86. The molecular formula is C8H15N5O3S. The summed E-state index contributed by atoms with van der Waals surface area (Å²) < 4.78 is 25.2. The van der Waals surface area contributed by atoms with Crippen molar-refractivity contribution >= 4 is 15.9 Å². The van der Waals surface area contributed by atoms with Crippen LogP contribution in [0.4, 0.5) is 0 Å². The summed E-state index contributed by atoms with van der Waals surface area (Å²) in [6.45, 7) is 1.66. The summed E-state index contributed by atoms with van der Waals surface area (Å²) >= 11 is 0. The highest BCUT2D eigenvalue weighted by Gasteiger charge is 2.26. The molecule has 4 N–H and O–H groups in total. The number of H-pyrrole nitrogens is 1. The maximum absolute atomic E-state index is 12.0. The molecule has 1 aromatic heterocycles. The Labute approximate surface area is 99.2 Å². The van der Waals surface area contributed by atoms with Crippen LogP contribution >= 0.6 is 0 Å². The third-order valence-corrected chi connectivity index (χ3v) is 4.28. The van der Waals surface area contributed by atoms with E-state index in [0.29, 0.717) is 0 Å². The van der Waals surface area contributed by atoms with E-state index in [1.54, 1.807) is 6.92 Å². The zero-order valence-corrected chi connectivity index (χ0v) is 10.3. The van der Waals surface area contributed by atoms with Gasteiger partial charge in [0.2, 0.25) is 0 Å². The maximum atomic E-state index is 12.0. The zero-order valence-electron chi connectivity index (χ0n) is 9.53. The minimum Gasteiger partial charge on any atom is -0.409 e. The van der Waals surface area contributed by atoms with Crippen LogP contribution in [0.25, 0.3) is 0 Å². The lowest BCUT2D eigenvalue weighted by Crippen LogP contribution is -2.37. The molecule has 1 heterocycles. The van der Waals surface area contributed by atoms with Crippen LogP contribution in [0, 0.1) is 0 Å². The molecule has 0 saturated carbocycles. The third-order valence-electron chi connectivity index (χ3n) is 2.38. The fourth-order valence-corrected chi connectivity index (χ4v) is 2.50. The van der Waals surface area contributed by atoms with Crippen molar-refractivity contribution in [3.05, 3.63) is 12.5 Å². The predicted molar refractivity (Wildman–Crippen MR) is 61.0 cm³/mol. The molecular weight excluding hydrogens is 246 g/mol. The number of rotatable bonds is 5. The molecule has 0 aliphatic rings. The lowest BCUT2D eigenvalue weighted by Gasteiger charge is -2.22. The van der Waals surface area contributed by atoms with Crippen LogP contribution in [-0.4, -0.2) is 46.8 Å². The van der Waals surface area contributed by atoms with E-state index in [9.17, 15) is 8.42 Å². The first kappa shape index (κ1) is 13.5. The topological polar surface area (TPSA) is 125 Å². The molecule has 0 bridgehead atoms. The number of aromatic amines is 1. The highest BCUT2D eigenvalue weighted by atomic mass is 32.2. The fourth-order valence-electron chi connectivity index (χ4n) is 1.25. The number of amidine groups is 1. The van der Waals surface area contributed by atoms with Crippen LogP contribution in [-0.2, 0) is 10.0 Å². The summed E-state index contributed by atoms with van der Waals surface area (Å²) in [5.74, 6) is -0.0239. The van der Waals surface area contributed by atoms with Crippen molar-refractivity contribution in [2.75, 3.05) is 7.05 Å². The first-order chi connectivity index (χ1) is 7.89. The fraction of sp³-hybridized carbons (Fsp3) is 0.500. The van der Waals surface area contributed by atoms with E-state index in [1.165, 1.54) is 19.6 Å². The van der Waals surface area contributed by atoms with Crippen molar-refractivity contribution in [2.24, 2.45) is 10.9 Å². The van der Waals surface area contributed by atoms with E-state index in [1.807, 2.05) is 0 Å². The number of nitrogens with zero attached hydrogens (tertiary/aromatic N) is 3. The van der Waals surface area contributed by atoms with Crippen LogP contribution in [0.15, 0.2) is 22.7 Å². The van der Waals surface area contributed by atoms with Crippen LogP contribution < -0.4 is 5.73 Å². The van der Waals surface area contributed by atoms with Gasteiger partial charge >= 0.3 is 0 Å². The number of sulfonamides is 1. The number of imidazole rings is 1. The second-order valence-corrected chi connectivity index (χ2v) is 5.55. The van der Waals surface area contributed by atoms with Crippen molar-refractivity contribution in [3.63, 3.8) is 0 Å². The average Bonchev–Trinajstić information content (AvgIpc) is 2.81. The van der Waals surface area contributed by atoms with Crippen LogP contribution in [0.3, 0.4) is 0 Å². The molecule has 1 unspecified atom stereocenters. The Kier molecular flexibility index (Phi) is 4.07. The van der Waals surface area contributed by atoms with Crippen molar-refractivity contribution in [2.45, 2.75) is 24.4 Å². The molecule has 1 atom stereocenters. The van der Waals surface area contributed by atoms with Crippen LogP contribution in [0.5, 0.6) is 0 Å². The monoisotopic (exact) mass is 261 g/mol. The number of hydrogen-bond donors (Lipinski definition) is 3. The number of oxime groups is 1. The van der Waals surface area contributed by atoms with Crippen molar-refractivity contribution in [1.82, 2.24) is 14.3 Å². The van der Waals surface area contributed by atoms with E-state index in [0.717, 1.165) is 4.31 Å². The van der Waals surface area contributed by atoms with E-state index in [2.05, 4.69) is 15.1 Å². The highest BCUT2D eigenvalue weighted by molar-refractivity contribution is 7.89. The second kappa shape index (κ2) is 5.15. The smallest absolute Gasteiger partial charge is 0.260 e. The molecule has 0 aliphatic heterocycles. The molecule has 17 heavy (non-hydrogen) atoms. The number of aromatic nitrogens is 2. The van der Waals surface area contributed by atoms with Gasteiger partial charge in [-0.05, 0) is 6.92 Å². The molecule has 0 aromatic carbocycles. The molecule has 1 rings (SSSR count). The summed E-state index contributed by atoms with van der Waals surface area (Å²) in [5.41, 5.74) is 5.33. The van der Waals surface area contributed by atoms with Gasteiger partial charge in [-0.2, -0.15) is 4.31 Å². The standard InChI is InChI=1S/C8H15N5O3S/c1-6(3-7(9)12-14)13(2)17(15,16)8-4-10-5-11-8/h4-6,14H,3H2,1-2H3,(H2,9,12)(H,10,11). The summed E-state index contributed by atoms with van der Waals surface area (Å²) in [6.07, 6.45) is 2.65. The summed E-state index contributed by atoms with van der Waals surface area (Å²) in [4.78, 5) is 6.19. The minimum atomic E-state index is -3.63.